The Bertz CT molecular complexity index is 165. The number of alkyl halides is 2. The monoisotopic (exact) mass is 205 g/mol. The van der Waals surface area contributed by atoms with Gasteiger partial charge in [0.1, 0.15) is 0 Å². The van der Waals surface area contributed by atoms with Gasteiger partial charge in [-0.3, -0.25) is 0 Å². The van der Waals surface area contributed by atoms with Crippen molar-refractivity contribution in [3.05, 3.63) is 0 Å². The van der Waals surface area contributed by atoms with Crippen LogP contribution in [0.2, 0.25) is 0 Å². The van der Waals surface area contributed by atoms with E-state index in [-0.39, 0.29) is 12.3 Å². The highest BCUT2D eigenvalue weighted by Crippen LogP contribution is 2.29. The lowest BCUT2D eigenvalue weighted by atomic mass is 9.91. The highest BCUT2D eigenvalue weighted by Gasteiger charge is 2.27. The molecule has 3 heteroatoms. The Morgan fingerprint density at radius 3 is 2.57 bits per heavy atom. The van der Waals surface area contributed by atoms with Gasteiger partial charge in [-0.25, -0.2) is 8.78 Å². The lowest BCUT2D eigenvalue weighted by Crippen LogP contribution is -2.27. The summed E-state index contributed by atoms with van der Waals surface area (Å²) < 4.78 is 25.6. The first-order valence-corrected chi connectivity index (χ1v) is 5.54. The lowest BCUT2D eigenvalue weighted by molar-refractivity contribution is -0.00819. The van der Waals surface area contributed by atoms with E-state index in [2.05, 4.69) is 11.9 Å². The van der Waals surface area contributed by atoms with Crippen LogP contribution in [0.25, 0.3) is 0 Å². The van der Waals surface area contributed by atoms with Gasteiger partial charge in [0.15, 0.2) is 0 Å². The third-order valence-electron chi connectivity index (χ3n) is 2.97. The van der Waals surface area contributed by atoms with E-state index in [0.29, 0.717) is 0 Å². The molecule has 0 aromatic carbocycles. The summed E-state index contributed by atoms with van der Waals surface area (Å²) in [5.74, 6) is -2.26. The molecule has 0 aliphatic carbocycles. The van der Waals surface area contributed by atoms with Crippen molar-refractivity contribution in [2.75, 3.05) is 20.1 Å². The van der Waals surface area contributed by atoms with Gasteiger partial charge in [0.25, 0.3) is 0 Å². The van der Waals surface area contributed by atoms with Crippen LogP contribution < -0.4 is 0 Å². The molecule has 1 aliphatic heterocycles. The maximum atomic E-state index is 12.8. The summed E-state index contributed by atoms with van der Waals surface area (Å²) in [6.07, 6.45) is 4.24. The highest BCUT2D eigenvalue weighted by molar-refractivity contribution is 4.71. The van der Waals surface area contributed by atoms with Gasteiger partial charge in [0.2, 0.25) is 5.92 Å². The van der Waals surface area contributed by atoms with E-state index in [0.717, 1.165) is 45.7 Å². The summed E-state index contributed by atoms with van der Waals surface area (Å²) in [6, 6.07) is 0. The van der Waals surface area contributed by atoms with Crippen LogP contribution in [0.4, 0.5) is 8.78 Å². The fourth-order valence-corrected chi connectivity index (χ4v) is 2.18. The van der Waals surface area contributed by atoms with Gasteiger partial charge in [-0.1, -0.05) is 12.8 Å². The van der Waals surface area contributed by atoms with Crippen LogP contribution in [0.5, 0.6) is 0 Å². The van der Waals surface area contributed by atoms with E-state index < -0.39 is 5.92 Å². The highest BCUT2D eigenvalue weighted by atomic mass is 19.3. The van der Waals surface area contributed by atoms with Crippen LogP contribution in [0.15, 0.2) is 0 Å². The molecule has 1 aliphatic rings. The molecule has 1 unspecified atom stereocenters. The summed E-state index contributed by atoms with van der Waals surface area (Å²) in [5, 5.41) is 0. The second kappa shape index (κ2) is 5.06. The minimum absolute atomic E-state index is 0.0703. The number of halogens is 2. The molecule has 0 aromatic rings. The molecule has 1 heterocycles. The summed E-state index contributed by atoms with van der Waals surface area (Å²) in [5.41, 5.74) is 0. The van der Waals surface area contributed by atoms with Crippen LogP contribution in [0, 0.1) is 5.92 Å². The lowest BCUT2D eigenvalue weighted by Gasteiger charge is -2.26. The fraction of sp³-hybridized carbons (Fsp3) is 1.00. The second-order valence-corrected chi connectivity index (χ2v) is 4.73. The van der Waals surface area contributed by atoms with Crippen molar-refractivity contribution < 1.29 is 8.78 Å². The van der Waals surface area contributed by atoms with Crippen molar-refractivity contribution >= 4 is 0 Å². The van der Waals surface area contributed by atoms with Gasteiger partial charge >= 0.3 is 0 Å². The predicted octanol–water partition coefficient (Wildman–Crippen LogP) is 3.15. The van der Waals surface area contributed by atoms with Crippen molar-refractivity contribution in [2.24, 2.45) is 5.92 Å². The molecule has 1 saturated heterocycles. The zero-order valence-electron chi connectivity index (χ0n) is 9.23. The predicted molar refractivity (Wildman–Crippen MR) is 54.7 cm³/mol. The van der Waals surface area contributed by atoms with Gasteiger partial charge in [0.05, 0.1) is 0 Å². The fourth-order valence-electron chi connectivity index (χ4n) is 2.18. The van der Waals surface area contributed by atoms with Crippen molar-refractivity contribution in [1.29, 1.82) is 0 Å². The van der Waals surface area contributed by atoms with E-state index in [1.807, 2.05) is 0 Å². The van der Waals surface area contributed by atoms with Gasteiger partial charge in [-0.2, -0.15) is 0 Å². The van der Waals surface area contributed by atoms with Gasteiger partial charge in [-0.15, -0.1) is 0 Å². The zero-order chi connectivity index (χ0) is 10.6. The smallest absolute Gasteiger partial charge is 0.245 e. The number of hydrogen-bond acceptors (Lipinski definition) is 1. The molecular formula is C11H21F2N. The van der Waals surface area contributed by atoms with Crippen LogP contribution in [-0.2, 0) is 0 Å². The van der Waals surface area contributed by atoms with Crippen LogP contribution >= 0.6 is 0 Å². The topological polar surface area (TPSA) is 3.24 Å². The van der Waals surface area contributed by atoms with Crippen molar-refractivity contribution in [3.63, 3.8) is 0 Å². The number of nitrogens with zero attached hydrogens (tertiary/aromatic N) is 1. The molecule has 1 fully saturated rings. The maximum absolute atomic E-state index is 12.8. The van der Waals surface area contributed by atoms with Gasteiger partial charge in [0, 0.05) is 6.42 Å². The van der Waals surface area contributed by atoms with Crippen LogP contribution in [0.1, 0.15) is 39.0 Å². The zero-order valence-corrected chi connectivity index (χ0v) is 9.23. The molecule has 0 N–H and O–H groups in total. The first kappa shape index (κ1) is 11.9. The number of hydrogen-bond donors (Lipinski definition) is 0. The van der Waals surface area contributed by atoms with Gasteiger partial charge in [-0.05, 0) is 45.8 Å². The Balaban J connectivity index is 2.36. The Kier molecular flexibility index (Phi) is 4.30. The second-order valence-electron chi connectivity index (χ2n) is 4.73. The number of likely N-dealkylation sites (tertiary alicyclic amines) is 1. The molecule has 0 aromatic heterocycles. The molecule has 14 heavy (non-hydrogen) atoms. The normalized spacial score (nSPS) is 27.0. The Labute approximate surface area is 85.5 Å². The molecule has 84 valence electrons. The first-order valence-electron chi connectivity index (χ1n) is 5.54. The van der Waals surface area contributed by atoms with E-state index in [1.165, 1.54) is 0 Å². The third-order valence-corrected chi connectivity index (χ3v) is 2.97. The molecule has 1 nitrogen and oxygen atoms in total. The SMILES string of the molecule is CN1CCCCC(CC(C)(F)F)CC1. The van der Waals surface area contributed by atoms with Gasteiger partial charge < -0.3 is 4.90 Å². The quantitative estimate of drug-likeness (QED) is 0.669. The minimum atomic E-state index is -2.48. The van der Waals surface area contributed by atoms with E-state index >= 15 is 0 Å². The summed E-state index contributed by atoms with van der Waals surface area (Å²) in [7, 11) is 2.08. The molecule has 0 amide bonds. The Hall–Kier alpha value is -0.180. The van der Waals surface area contributed by atoms with Crippen molar-refractivity contribution in [2.45, 2.75) is 45.0 Å². The standard InChI is InChI=1S/C11H21F2N/c1-11(12,13)9-10-5-3-4-7-14(2)8-6-10/h10H,3-9H2,1-2H3. The molecular weight excluding hydrogens is 184 g/mol. The molecule has 0 saturated carbocycles. The molecule has 0 bridgehead atoms. The molecule has 0 spiro atoms. The Morgan fingerprint density at radius 2 is 1.93 bits per heavy atom. The molecule has 0 radical (unpaired) electrons. The van der Waals surface area contributed by atoms with E-state index in [4.69, 9.17) is 0 Å². The maximum Gasteiger partial charge on any atom is 0.245 e. The largest absolute Gasteiger partial charge is 0.306 e. The minimum Gasteiger partial charge on any atom is -0.306 e. The van der Waals surface area contributed by atoms with Crippen molar-refractivity contribution in [3.8, 4) is 0 Å². The first-order chi connectivity index (χ1) is 6.47. The third kappa shape index (κ3) is 4.89. The van der Waals surface area contributed by atoms with Crippen LogP contribution in [0.3, 0.4) is 0 Å². The summed E-state index contributed by atoms with van der Waals surface area (Å²) in [6.45, 7) is 3.13. The molecule has 1 rings (SSSR count). The van der Waals surface area contributed by atoms with Crippen molar-refractivity contribution in [1.82, 2.24) is 4.90 Å². The Morgan fingerprint density at radius 1 is 1.21 bits per heavy atom. The van der Waals surface area contributed by atoms with E-state index in [9.17, 15) is 8.78 Å². The summed E-state index contributed by atoms with van der Waals surface area (Å²) >= 11 is 0. The average molecular weight is 205 g/mol. The number of rotatable bonds is 2. The average Bonchev–Trinajstić information content (AvgIpc) is 2.02. The van der Waals surface area contributed by atoms with Crippen LogP contribution in [-0.4, -0.2) is 31.0 Å². The van der Waals surface area contributed by atoms with E-state index in [1.54, 1.807) is 0 Å². The molecule has 1 atom stereocenters. The summed E-state index contributed by atoms with van der Waals surface area (Å²) in [4.78, 5) is 2.25.